The Labute approximate surface area is 192 Å². The molecule has 1 aromatic carbocycles. The Balaban J connectivity index is 1.40. The minimum atomic E-state index is -4.51. The summed E-state index contributed by atoms with van der Waals surface area (Å²) in [6.45, 7) is 1.90. The molecular weight excluding hydrogens is 457 g/mol. The maximum Gasteiger partial charge on any atom is 0.417 e. The van der Waals surface area contributed by atoms with Crippen LogP contribution in [0.15, 0.2) is 42.9 Å². The fourth-order valence-corrected chi connectivity index (χ4v) is 5.12. The molecule has 3 unspecified atom stereocenters. The number of amides is 1. The number of benzene rings is 1. The van der Waals surface area contributed by atoms with Crippen LogP contribution in [-0.4, -0.2) is 48.9 Å². The molecule has 4 heterocycles. The van der Waals surface area contributed by atoms with Crippen molar-refractivity contribution in [3.8, 4) is 5.69 Å². The van der Waals surface area contributed by atoms with Gasteiger partial charge in [0.2, 0.25) is 0 Å². The van der Waals surface area contributed by atoms with Crippen LogP contribution >= 0.6 is 11.6 Å². The molecule has 0 radical (unpaired) electrons. The molecule has 1 N–H and O–H groups in total. The average molecular weight is 477 g/mol. The number of para-hydroxylation sites is 1. The average Bonchev–Trinajstić information content (AvgIpc) is 3.50. The fourth-order valence-electron chi connectivity index (χ4n) is 4.90. The summed E-state index contributed by atoms with van der Waals surface area (Å²) in [7, 11) is 0. The lowest BCUT2D eigenvalue weighted by atomic mass is 9.95. The molecule has 2 aliphatic rings. The number of anilines is 1. The molecular formula is C22H20ClF3N6O. The molecule has 0 saturated carbocycles. The van der Waals surface area contributed by atoms with Crippen LogP contribution in [0.5, 0.6) is 0 Å². The van der Waals surface area contributed by atoms with E-state index < -0.39 is 11.7 Å². The van der Waals surface area contributed by atoms with Gasteiger partial charge in [-0.3, -0.25) is 4.79 Å². The van der Waals surface area contributed by atoms with Gasteiger partial charge < -0.3 is 10.2 Å². The van der Waals surface area contributed by atoms with Gasteiger partial charge in [-0.1, -0.05) is 23.7 Å². The van der Waals surface area contributed by atoms with E-state index in [2.05, 4.69) is 20.5 Å². The minimum Gasteiger partial charge on any atom is -0.364 e. The van der Waals surface area contributed by atoms with Gasteiger partial charge in [0.25, 0.3) is 5.91 Å². The van der Waals surface area contributed by atoms with Crippen molar-refractivity contribution in [2.24, 2.45) is 0 Å². The number of fused-ring (bicyclic) bond motifs is 2. The highest BCUT2D eigenvalue weighted by Crippen LogP contribution is 2.41. The molecule has 172 valence electrons. The van der Waals surface area contributed by atoms with Gasteiger partial charge in [-0.05, 0) is 43.9 Å². The van der Waals surface area contributed by atoms with Crippen molar-refractivity contribution in [3.63, 3.8) is 0 Å². The highest BCUT2D eigenvalue weighted by atomic mass is 35.5. The van der Waals surface area contributed by atoms with E-state index in [9.17, 15) is 18.0 Å². The predicted molar refractivity (Wildman–Crippen MR) is 115 cm³/mol. The van der Waals surface area contributed by atoms with Crippen LogP contribution in [0, 0.1) is 6.92 Å². The van der Waals surface area contributed by atoms with Crippen LogP contribution in [0.25, 0.3) is 5.69 Å². The van der Waals surface area contributed by atoms with Gasteiger partial charge >= 0.3 is 6.18 Å². The Bertz CT molecular complexity index is 1200. The molecule has 11 heteroatoms. The number of pyridine rings is 1. The summed E-state index contributed by atoms with van der Waals surface area (Å²) in [6, 6.07) is 6.09. The predicted octanol–water partition coefficient (Wildman–Crippen LogP) is 4.50. The molecule has 2 aliphatic heterocycles. The van der Waals surface area contributed by atoms with Gasteiger partial charge in [-0.25, -0.2) is 4.98 Å². The van der Waals surface area contributed by atoms with Gasteiger partial charge in [0, 0.05) is 18.3 Å². The van der Waals surface area contributed by atoms with Crippen molar-refractivity contribution in [3.05, 3.63) is 64.6 Å². The maximum atomic E-state index is 13.7. The zero-order valence-corrected chi connectivity index (χ0v) is 18.3. The van der Waals surface area contributed by atoms with Crippen molar-refractivity contribution in [2.75, 3.05) is 5.32 Å². The van der Waals surface area contributed by atoms with Gasteiger partial charge in [-0.15, -0.1) is 0 Å². The lowest BCUT2D eigenvalue weighted by Gasteiger charge is -2.26. The van der Waals surface area contributed by atoms with E-state index in [-0.39, 0.29) is 34.9 Å². The minimum absolute atomic E-state index is 0.0205. The summed E-state index contributed by atoms with van der Waals surface area (Å²) in [5.41, 5.74) is 1.12. The number of carbonyl (C=O) groups is 1. The normalized spacial score (nSPS) is 22.1. The summed E-state index contributed by atoms with van der Waals surface area (Å²) in [5.74, 6) is 0.0703. The number of rotatable bonds is 4. The first kappa shape index (κ1) is 21.7. The van der Waals surface area contributed by atoms with Gasteiger partial charge in [0.1, 0.15) is 11.5 Å². The molecule has 5 rings (SSSR count). The van der Waals surface area contributed by atoms with Crippen LogP contribution in [0.2, 0.25) is 5.02 Å². The molecule has 0 aliphatic carbocycles. The van der Waals surface area contributed by atoms with E-state index in [1.165, 1.54) is 4.80 Å². The highest BCUT2D eigenvalue weighted by Gasteiger charge is 2.49. The third kappa shape index (κ3) is 3.82. The second-order valence-electron chi connectivity index (χ2n) is 8.34. The lowest BCUT2D eigenvalue weighted by Crippen LogP contribution is -2.40. The number of halogens is 4. The topological polar surface area (TPSA) is 75.9 Å². The molecule has 2 saturated heterocycles. The molecule has 3 aromatic rings. The summed E-state index contributed by atoms with van der Waals surface area (Å²) >= 11 is 6.08. The van der Waals surface area contributed by atoms with Crippen molar-refractivity contribution in [1.29, 1.82) is 0 Å². The second kappa shape index (κ2) is 8.02. The smallest absolute Gasteiger partial charge is 0.364 e. The van der Waals surface area contributed by atoms with Gasteiger partial charge in [-0.2, -0.15) is 28.2 Å². The Morgan fingerprint density at radius 1 is 1.21 bits per heavy atom. The van der Waals surface area contributed by atoms with E-state index in [4.69, 9.17) is 11.6 Å². The number of hydrogen-bond acceptors (Lipinski definition) is 5. The summed E-state index contributed by atoms with van der Waals surface area (Å²) in [6.07, 6.45) is 1.68. The number of hydrogen-bond donors (Lipinski definition) is 1. The molecule has 2 fully saturated rings. The lowest BCUT2D eigenvalue weighted by molar-refractivity contribution is -0.137. The van der Waals surface area contributed by atoms with Crippen LogP contribution in [0.4, 0.5) is 19.0 Å². The summed E-state index contributed by atoms with van der Waals surface area (Å²) < 4.78 is 38.8. The van der Waals surface area contributed by atoms with E-state index >= 15 is 0 Å². The van der Waals surface area contributed by atoms with Gasteiger partial charge in [0.15, 0.2) is 0 Å². The Morgan fingerprint density at radius 3 is 2.67 bits per heavy atom. The zero-order valence-electron chi connectivity index (χ0n) is 17.6. The number of alkyl halides is 3. The molecule has 33 heavy (non-hydrogen) atoms. The first-order valence-electron chi connectivity index (χ1n) is 10.5. The standard InChI is InChI=1S/C22H20ClF3N6O/c1-12-3-2-4-15(19(12)32-28-7-8-29-32)21(33)31-14-5-6-18(31)17(10-14)30-20-16(23)9-13(11-27-20)22(24,25)26/h2-4,7-9,11,14,17-18H,5-6,10H2,1H3,(H,27,30). The van der Waals surface area contributed by atoms with Crippen LogP contribution in [0.1, 0.15) is 40.7 Å². The van der Waals surface area contributed by atoms with E-state index in [1.54, 1.807) is 18.5 Å². The van der Waals surface area contributed by atoms with Crippen molar-refractivity contribution < 1.29 is 18.0 Å². The molecule has 2 bridgehead atoms. The summed E-state index contributed by atoms with van der Waals surface area (Å²) in [5, 5.41) is 11.5. The third-order valence-electron chi connectivity index (χ3n) is 6.35. The first-order chi connectivity index (χ1) is 15.7. The second-order valence-corrected chi connectivity index (χ2v) is 8.75. The maximum absolute atomic E-state index is 13.7. The van der Waals surface area contributed by atoms with E-state index in [1.807, 2.05) is 24.0 Å². The Kier molecular flexibility index (Phi) is 5.27. The Hall–Kier alpha value is -3.14. The molecule has 7 nitrogen and oxygen atoms in total. The third-order valence-corrected chi connectivity index (χ3v) is 6.64. The van der Waals surface area contributed by atoms with Crippen LogP contribution < -0.4 is 5.32 Å². The monoisotopic (exact) mass is 476 g/mol. The highest BCUT2D eigenvalue weighted by molar-refractivity contribution is 6.33. The van der Waals surface area contributed by atoms with Crippen LogP contribution in [0.3, 0.4) is 0 Å². The zero-order chi connectivity index (χ0) is 23.3. The molecule has 1 amide bonds. The number of nitrogens with zero attached hydrogens (tertiary/aromatic N) is 5. The summed E-state index contributed by atoms with van der Waals surface area (Å²) in [4.78, 5) is 20.9. The number of aromatic nitrogens is 4. The Morgan fingerprint density at radius 2 is 1.97 bits per heavy atom. The van der Waals surface area contributed by atoms with E-state index in [0.717, 1.165) is 30.7 Å². The fraction of sp³-hybridized carbons (Fsp3) is 0.364. The van der Waals surface area contributed by atoms with Crippen LogP contribution in [-0.2, 0) is 6.18 Å². The molecule has 3 atom stereocenters. The van der Waals surface area contributed by atoms with Crippen molar-refractivity contribution in [1.82, 2.24) is 24.9 Å². The van der Waals surface area contributed by atoms with E-state index in [0.29, 0.717) is 17.7 Å². The van der Waals surface area contributed by atoms with Gasteiger partial charge in [0.05, 0.1) is 34.6 Å². The molecule has 0 spiro atoms. The quantitative estimate of drug-likeness (QED) is 0.600. The molecule has 2 aromatic heterocycles. The van der Waals surface area contributed by atoms with Crippen molar-refractivity contribution in [2.45, 2.75) is 50.5 Å². The largest absolute Gasteiger partial charge is 0.417 e. The number of nitrogens with one attached hydrogen (secondary N) is 1. The SMILES string of the molecule is Cc1cccc(C(=O)N2C3CCC2C(Nc2ncc(C(F)(F)F)cc2Cl)C3)c1-n1nccn1. The number of aryl methyl sites for hydroxylation is 1. The number of carbonyl (C=O) groups excluding carboxylic acids is 1. The van der Waals surface area contributed by atoms with Crippen molar-refractivity contribution >= 4 is 23.3 Å². The first-order valence-corrected chi connectivity index (χ1v) is 10.9.